The average molecular weight is 278 g/mol. The van der Waals surface area contributed by atoms with Crippen molar-refractivity contribution in [2.45, 2.75) is 16.2 Å². The molecule has 1 nitrogen and oxygen atoms in total. The fraction of sp³-hybridized carbons (Fsp3) is 0.111. The third-order valence-corrected chi connectivity index (χ3v) is 3.79. The zero-order valence-corrected chi connectivity index (χ0v) is 11.7. The number of terminal acetylenes is 1. The lowest BCUT2D eigenvalue weighted by molar-refractivity contribution is 0.243. The minimum atomic E-state index is -0.856. The van der Waals surface area contributed by atoms with Gasteiger partial charge < -0.3 is 5.11 Å². The Labute approximate surface area is 124 Å². The van der Waals surface area contributed by atoms with Crippen molar-refractivity contribution in [3.05, 3.63) is 66.2 Å². The Morgan fingerprint density at radius 1 is 0.950 bits per heavy atom. The van der Waals surface area contributed by atoms with E-state index in [1.54, 1.807) is 0 Å². The van der Waals surface area contributed by atoms with E-state index in [4.69, 9.17) is 6.42 Å². The van der Waals surface area contributed by atoms with Crippen LogP contribution in [0.2, 0.25) is 0 Å². The molecule has 20 heavy (non-hydrogen) atoms. The summed E-state index contributed by atoms with van der Waals surface area (Å²) in [7, 11) is 0. The predicted octanol–water partition coefficient (Wildman–Crippen LogP) is 3.19. The summed E-state index contributed by atoms with van der Waals surface area (Å²) < 4.78 is 0. The van der Waals surface area contributed by atoms with E-state index in [0.29, 0.717) is 0 Å². The van der Waals surface area contributed by atoms with Gasteiger partial charge >= 0.3 is 0 Å². The largest absolute Gasteiger partial charge is 0.378 e. The van der Waals surface area contributed by atoms with Crippen LogP contribution in [0.1, 0.15) is 5.56 Å². The van der Waals surface area contributed by atoms with E-state index in [-0.39, 0.29) is 5.25 Å². The molecule has 0 heterocycles. The summed E-state index contributed by atoms with van der Waals surface area (Å²) in [6.45, 7) is 0. The molecule has 0 bridgehead atoms. The predicted molar refractivity (Wildman–Crippen MR) is 84.2 cm³/mol. The first kappa shape index (κ1) is 14.3. The van der Waals surface area contributed by atoms with Crippen LogP contribution in [0.4, 0.5) is 0 Å². The van der Waals surface area contributed by atoms with Gasteiger partial charge in [0.2, 0.25) is 0 Å². The lowest BCUT2D eigenvalue weighted by Crippen LogP contribution is -2.19. The van der Waals surface area contributed by atoms with Crippen molar-refractivity contribution in [3.63, 3.8) is 0 Å². The van der Waals surface area contributed by atoms with Gasteiger partial charge in [0.15, 0.2) is 0 Å². The third-order valence-electron chi connectivity index (χ3n) is 2.60. The van der Waals surface area contributed by atoms with Gasteiger partial charge in [-0.05, 0) is 24.3 Å². The summed E-state index contributed by atoms with van der Waals surface area (Å²) in [5.41, 5.74) is 0.868. The first-order valence-corrected chi connectivity index (χ1v) is 7.10. The standard InChI is InChI=1S/C18H14OS/c1-2-18(20-16-11-7-4-8-12-16)17(19)14-13-15-9-5-3-6-10-15/h1,3-12,17-19H/t17-,18-/m1/s1. The highest BCUT2D eigenvalue weighted by atomic mass is 32.2. The second-order valence-corrected chi connectivity index (χ2v) is 5.31. The van der Waals surface area contributed by atoms with Crippen molar-refractivity contribution >= 4 is 11.8 Å². The lowest BCUT2D eigenvalue weighted by Gasteiger charge is -2.12. The molecule has 2 atom stereocenters. The smallest absolute Gasteiger partial charge is 0.138 e. The second-order valence-electron chi connectivity index (χ2n) is 4.10. The van der Waals surface area contributed by atoms with Crippen LogP contribution in [0, 0.1) is 24.2 Å². The topological polar surface area (TPSA) is 20.2 Å². The molecule has 0 fully saturated rings. The maximum Gasteiger partial charge on any atom is 0.138 e. The van der Waals surface area contributed by atoms with Crippen LogP contribution in [0.15, 0.2) is 65.6 Å². The summed E-state index contributed by atoms with van der Waals surface area (Å²) >= 11 is 1.44. The molecule has 0 amide bonds. The molecule has 0 saturated heterocycles. The third kappa shape index (κ3) is 4.21. The van der Waals surface area contributed by atoms with Crippen LogP contribution < -0.4 is 0 Å². The molecule has 2 aromatic rings. The molecule has 0 aliphatic rings. The Kier molecular flexibility index (Phi) is 5.33. The van der Waals surface area contributed by atoms with Gasteiger partial charge in [-0.2, -0.15) is 0 Å². The van der Waals surface area contributed by atoms with E-state index in [1.807, 2.05) is 60.7 Å². The Balaban J connectivity index is 2.05. The molecular weight excluding hydrogens is 264 g/mol. The first-order chi connectivity index (χ1) is 9.79. The molecule has 0 saturated carbocycles. The van der Waals surface area contributed by atoms with E-state index < -0.39 is 6.10 Å². The molecule has 0 aliphatic heterocycles. The summed E-state index contributed by atoms with van der Waals surface area (Å²) in [6, 6.07) is 19.3. The van der Waals surface area contributed by atoms with E-state index in [1.165, 1.54) is 11.8 Å². The number of hydrogen-bond acceptors (Lipinski definition) is 2. The SMILES string of the molecule is C#C[C@@H](Sc1ccccc1)[C@H](O)C#Cc1ccccc1. The number of benzene rings is 2. The fourth-order valence-electron chi connectivity index (χ4n) is 1.59. The lowest BCUT2D eigenvalue weighted by atomic mass is 10.2. The van der Waals surface area contributed by atoms with E-state index in [9.17, 15) is 5.11 Å². The molecule has 2 heteroatoms. The van der Waals surface area contributed by atoms with Crippen molar-refractivity contribution in [3.8, 4) is 24.2 Å². The van der Waals surface area contributed by atoms with Gasteiger partial charge in [-0.3, -0.25) is 0 Å². The molecule has 0 aliphatic carbocycles. The summed E-state index contributed by atoms with van der Waals surface area (Å²) in [4.78, 5) is 1.02. The minimum Gasteiger partial charge on any atom is -0.378 e. The molecule has 1 N–H and O–H groups in total. The van der Waals surface area contributed by atoms with Gasteiger partial charge in [0, 0.05) is 10.5 Å². The van der Waals surface area contributed by atoms with E-state index >= 15 is 0 Å². The molecule has 98 valence electrons. The molecule has 0 spiro atoms. The number of aliphatic hydroxyl groups is 1. The number of rotatable bonds is 3. The van der Waals surface area contributed by atoms with Crippen molar-refractivity contribution < 1.29 is 5.11 Å². The minimum absolute atomic E-state index is 0.381. The zero-order valence-electron chi connectivity index (χ0n) is 10.9. The Morgan fingerprint density at radius 2 is 1.55 bits per heavy atom. The van der Waals surface area contributed by atoms with Crippen molar-refractivity contribution in [1.82, 2.24) is 0 Å². The van der Waals surface area contributed by atoms with E-state index in [2.05, 4.69) is 17.8 Å². The molecule has 2 rings (SSSR count). The number of thioether (sulfide) groups is 1. The average Bonchev–Trinajstić information content (AvgIpc) is 2.52. The second kappa shape index (κ2) is 7.46. The highest BCUT2D eigenvalue weighted by Gasteiger charge is 2.15. The molecule has 2 aromatic carbocycles. The van der Waals surface area contributed by atoms with Crippen LogP contribution >= 0.6 is 11.8 Å². The maximum absolute atomic E-state index is 10.1. The van der Waals surface area contributed by atoms with Crippen LogP contribution in [-0.2, 0) is 0 Å². The molecule has 0 unspecified atom stereocenters. The Bertz CT molecular complexity index is 632. The first-order valence-electron chi connectivity index (χ1n) is 6.22. The Morgan fingerprint density at radius 3 is 2.15 bits per heavy atom. The maximum atomic E-state index is 10.1. The number of aliphatic hydroxyl groups excluding tert-OH is 1. The monoisotopic (exact) mass is 278 g/mol. The van der Waals surface area contributed by atoms with Gasteiger partial charge in [0.25, 0.3) is 0 Å². The van der Waals surface area contributed by atoms with E-state index in [0.717, 1.165) is 10.5 Å². The Hall–Kier alpha value is -2.13. The van der Waals surface area contributed by atoms with Gasteiger partial charge in [-0.15, -0.1) is 18.2 Å². The normalized spacial score (nSPS) is 12.6. The van der Waals surface area contributed by atoms with Gasteiger partial charge in [-0.1, -0.05) is 54.2 Å². The zero-order chi connectivity index (χ0) is 14.2. The van der Waals surface area contributed by atoms with Crippen LogP contribution in [0.3, 0.4) is 0 Å². The summed E-state index contributed by atoms with van der Waals surface area (Å²) in [5, 5.41) is 9.71. The van der Waals surface area contributed by atoms with Gasteiger partial charge in [0.05, 0.1) is 0 Å². The van der Waals surface area contributed by atoms with Crippen LogP contribution in [0.5, 0.6) is 0 Å². The van der Waals surface area contributed by atoms with Crippen LogP contribution in [0.25, 0.3) is 0 Å². The summed E-state index contributed by atoms with van der Waals surface area (Å²) in [6.07, 6.45) is 4.64. The van der Waals surface area contributed by atoms with Crippen LogP contribution in [-0.4, -0.2) is 16.5 Å². The van der Waals surface area contributed by atoms with Gasteiger partial charge in [0.1, 0.15) is 11.4 Å². The molecular formula is C18H14OS. The van der Waals surface area contributed by atoms with Crippen molar-refractivity contribution in [1.29, 1.82) is 0 Å². The highest BCUT2D eigenvalue weighted by molar-refractivity contribution is 8.00. The van der Waals surface area contributed by atoms with Crippen molar-refractivity contribution in [2.24, 2.45) is 0 Å². The molecule has 0 aromatic heterocycles. The fourth-order valence-corrected chi connectivity index (χ4v) is 2.46. The number of hydrogen-bond donors (Lipinski definition) is 1. The molecule has 0 radical (unpaired) electrons. The highest BCUT2D eigenvalue weighted by Crippen LogP contribution is 2.24. The van der Waals surface area contributed by atoms with Gasteiger partial charge in [-0.25, -0.2) is 0 Å². The quantitative estimate of drug-likeness (QED) is 0.687. The van der Waals surface area contributed by atoms with Crippen molar-refractivity contribution in [2.75, 3.05) is 0 Å². The summed E-state index contributed by atoms with van der Waals surface area (Å²) in [5.74, 6) is 8.35.